The Balaban J connectivity index is 1.52. The second-order valence-corrected chi connectivity index (χ2v) is 7.01. The van der Waals surface area contributed by atoms with E-state index in [9.17, 15) is 4.39 Å². The number of pyridine rings is 2. The van der Waals surface area contributed by atoms with Crippen molar-refractivity contribution in [2.45, 2.75) is 0 Å². The maximum absolute atomic E-state index is 13.3. The molecule has 0 amide bonds. The highest BCUT2D eigenvalue weighted by molar-refractivity contribution is 6.01. The van der Waals surface area contributed by atoms with E-state index in [-0.39, 0.29) is 5.82 Å². The second-order valence-electron chi connectivity index (χ2n) is 7.01. The average Bonchev–Trinajstić information content (AvgIpc) is 3.52. The lowest BCUT2D eigenvalue weighted by molar-refractivity contribution is 0.628. The third-order valence-electron chi connectivity index (χ3n) is 5.20. The summed E-state index contributed by atoms with van der Waals surface area (Å²) in [4.78, 5) is 12.2. The van der Waals surface area contributed by atoms with Gasteiger partial charge in [-0.2, -0.15) is 10.2 Å². The zero-order chi connectivity index (χ0) is 20.1. The summed E-state index contributed by atoms with van der Waals surface area (Å²) in [5.41, 5.74) is 6.91. The highest BCUT2D eigenvalue weighted by Crippen LogP contribution is 2.34. The molecule has 0 fully saturated rings. The maximum Gasteiger partial charge on any atom is 0.123 e. The molecule has 144 valence electrons. The Hall–Kier alpha value is -4.33. The van der Waals surface area contributed by atoms with Gasteiger partial charge in [-0.1, -0.05) is 12.1 Å². The molecule has 30 heavy (non-hydrogen) atoms. The van der Waals surface area contributed by atoms with Crippen molar-refractivity contribution in [2.24, 2.45) is 0 Å². The fraction of sp³-hybridized carbons (Fsp3) is 0. The minimum absolute atomic E-state index is 0.265. The van der Waals surface area contributed by atoms with Crippen LogP contribution in [0.3, 0.4) is 0 Å². The summed E-state index contributed by atoms with van der Waals surface area (Å²) in [5.74, 6) is -0.265. The summed E-state index contributed by atoms with van der Waals surface area (Å²) in [6.45, 7) is 0. The van der Waals surface area contributed by atoms with E-state index in [1.54, 1.807) is 43.1 Å². The van der Waals surface area contributed by atoms with Gasteiger partial charge in [0.15, 0.2) is 0 Å². The monoisotopic (exact) mass is 395 g/mol. The molecule has 0 spiro atoms. The number of rotatable bonds is 3. The largest absolute Gasteiger partial charge is 0.352 e. The van der Waals surface area contributed by atoms with Crippen LogP contribution in [0.1, 0.15) is 0 Å². The van der Waals surface area contributed by atoms with Crippen LogP contribution in [-0.4, -0.2) is 35.3 Å². The molecule has 0 unspecified atom stereocenters. The predicted molar refractivity (Wildman–Crippen MR) is 112 cm³/mol. The third-order valence-corrected chi connectivity index (χ3v) is 5.20. The molecule has 6 rings (SSSR count). The van der Waals surface area contributed by atoms with Gasteiger partial charge < -0.3 is 4.98 Å². The van der Waals surface area contributed by atoms with E-state index in [0.29, 0.717) is 0 Å². The number of hydrogen-bond acceptors (Lipinski definition) is 4. The Morgan fingerprint density at radius 3 is 2.57 bits per heavy atom. The molecule has 0 saturated carbocycles. The van der Waals surface area contributed by atoms with E-state index in [1.165, 1.54) is 12.1 Å². The topological polar surface area (TPSA) is 98.9 Å². The molecule has 0 aliphatic rings. The smallest absolute Gasteiger partial charge is 0.123 e. The van der Waals surface area contributed by atoms with Crippen LogP contribution in [0.2, 0.25) is 0 Å². The second kappa shape index (κ2) is 6.35. The Morgan fingerprint density at radius 2 is 1.73 bits per heavy atom. The highest BCUT2D eigenvalue weighted by atomic mass is 19.1. The fourth-order valence-electron chi connectivity index (χ4n) is 3.71. The molecule has 3 N–H and O–H groups in total. The van der Waals surface area contributed by atoms with Crippen LogP contribution in [0.5, 0.6) is 0 Å². The summed E-state index contributed by atoms with van der Waals surface area (Å²) in [6.07, 6.45) is 8.87. The van der Waals surface area contributed by atoms with E-state index in [1.807, 2.05) is 12.1 Å². The summed E-state index contributed by atoms with van der Waals surface area (Å²) < 4.78 is 13.3. The lowest BCUT2D eigenvalue weighted by Gasteiger charge is -2.02. The first-order valence-corrected chi connectivity index (χ1v) is 9.32. The van der Waals surface area contributed by atoms with Crippen molar-refractivity contribution in [3.05, 3.63) is 73.2 Å². The summed E-state index contributed by atoms with van der Waals surface area (Å²) in [6, 6.07) is 10.4. The fourth-order valence-corrected chi connectivity index (χ4v) is 3.71. The van der Waals surface area contributed by atoms with Crippen LogP contribution in [0.25, 0.3) is 55.6 Å². The van der Waals surface area contributed by atoms with E-state index in [4.69, 9.17) is 0 Å². The van der Waals surface area contributed by atoms with E-state index in [2.05, 4.69) is 35.3 Å². The number of nitrogens with zero attached hydrogens (tertiary/aromatic N) is 4. The van der Waals surface area contributed by atoms with Gasteiger partial charge in [0.2, 0.25) is 0 Å². The van der Waals surface area contributed by atoms with Gasteiger partial charge in [-0.15, -0.1) is 0 Å². The number of benzene rings is 1. The Labute approximate surface area is 169 Å². The Kier molecular flexibility index (Phi) is 3.51. The summed E-state index contributed by atoms with van der Waals surface area (Å²) >= 11 is 0. The van der Waals surface area contributed by atoms with Crippen LogP contribution in [0.4, 0.5) is 4.39 Å². The number of H-pyrrole nitrogens is 3. The number of aromatic amines is 3. The van der Waals surface area contributed by atoms with Gasteiger partial charge in [-0.05, 0) is 29.8 Å². The number of fused-ring (bicyclic) bond motifs is 2. The maximum atomic E-state index is 13.3. The molecule has 0 saturated heterocycles. The molecule has 6 aromatic rings. The van der Waals surface area contributed by atoms with Crippen LogP contribution >= 0.6 is 0 Å². The normalized spacial score (nSPS) is 11.5. The molecule has 1 aromatic carbocycles. The van der Waals surface area contributed by atoms with Gasteiger partial charge in [0.1, 0.15) is 11.5 Å². The molecule has 0 radical (unpaired) electrons. The molecular formula is C22H14FN7. The Bertz CT molecular complexity index is 1490. The van der Waals surface area contributed by atoms with Crippen LogP contribution in [0, 0.1) is 5.82 Å². The molecule has 5 heterocycles. The zero-order valence-corrected chi connectivity index (χ0v) is 15.5. The first-order valence-electron chi connectivity index (χ1n) is 9.32. The summed E-state index contributed by atoms with van der Waals surface area (Å²) in [5, 5.41) is 16.3. The van der Waals surface area contributed by atoms with Gasteiger partial charge in [0.25, 0.3) is 0 Å². The molecule has 5 aromatic heterocycles. The lowest BCUT2D eigenvalue weighted by atomic mass is 10.0. The van der Waals surface area contributed by atoms with Crippen molar-refractivity contribution >= 4 is 21.8 Å². The molecular weight excluding hydrogens is 381 g/mol. The standard InChI is InChI=1S/C22H14FN7/c23-14-3-1-12(2-4-14)17-9-24-10-20-15(17)5-19(28-20)22-16-6-18(13-7-26-27-8-13)25-11-21(16)29-30-22/h1-11,28H,(H,26,27)(H,29,30). The number of hydrogen-bond donors (Lipinski definition) is 3. The van der Waals surface area contributed by atoms with Crippen LogP contribution in [-0.2, 0) is 0 Å². The minimum atomic E-state index is -0.265. The average molecular weight is 395 g/mol. The summed E-state index contributed by atoms with van der Waals surface area (Å²) in [7, 11) is 0. The SMILES string of the molecule is Fc1ccc(-c2cncc3[nH]c(-c4n[nH]c5cnc(-c6cn[nH]c6)cc45)cc23)cc1. The van der Waals surface area contributed by atoms with E-state index >= 15 is 0 Å². The molecule has 0 aliphatic carbocycles. The molecule has 0 atom stereocenters. The van der Waals surface area contributed by atoms with Gasteiger partial charge in [-0.3, -0.25) is 20.2 Å². The molecule has 0 bridgehead atoms. The van der Waals surface area contributed by atoms with Gasteiger partial charge >= 0.3 is 0 Å². The van der Waals surface area contributed by atoms with Crippen LogP contribution < -0.4 is 0 Å². The third kappa shape index (κ3) is 2.58. The highest BCUT2D eigenvalue weighted by Gasteiger charge is 2.15. The quantitative estimate of drug-likeness (QED) is 0.404. The van der Waals surface area contributed by atoms with Crippen molar-refractivity contribution in [3.63, 3.8) is 0 Å². The van der Waals surface area contributed by atoms with Crippen molar-refractivity contribution in [2.75, 3.05) is 0 Å². The lowest BCUT2D eigenvalue weighted by Crippen LogP contribution is -1.82. The van der Waals surface area contributed by atoms with E-state index in [0.717, 1.165) is 55.6 Å². The zero-order valence-electron chi connectivity index (χ0n) is 15.5. The van der Waals surface area contributed by atoms with Crippen molar-refractivity contribution < 1.29 is 4.39 Å². The van der Waals surface area contributed by atoms with Crippen molar-refractivity contribution in [1.82, 2.24) is 35.3 Å². The number of halogens is 1. The van der Waals surface area contributed by atoms with Crippen molar-refractivity contribution in [1.29, 1.82) is 0 Å². The molecule has 8 heteroatoms. The first kappa shape index (κ1) is 16.6. The van der Waals surface area contributed by atoms with Gasteiger partial charge in [0, 0.05) is 34.3 Å². The van der Waals surface area contributed by atoms with Gasteiger partial charge in [-0.25, -0.2) is 4.39 Å². The first-order chi connectivity index (χ1) is 14.8. The van der Waals surface area contributed by atoms with Gasteiger partial charge in [0.05, 0.1) is 41.0 Å². The molecule has 0 aliphatic heterocycles. The predicted octanol–water partition coefficient (Wildman–Crippen LogP) is 4.70. The van der Waals surface area contributed by atoms with Crippen molar-refractivity contribution in [3.8, 4) is 33.8 Å². The number of nitrogens with one attached hydrogen (secondary N) is 3. The number of aromatic nitrogens is 7. The van der Waals surface area contributed by atoms with E-state index < -0.39 is 0 Å². The minimum Gasteiger partial charge on any atom is -0.352 e. The van der Waals surface area contributed by atoms with Crippen LogP contribution in [0.15, 0.2) is 67.4 Å². The Morgan fingerprint density at radius 1 is 0.833 bits per heavy atom. The molecule has 7 nitrogen and oxygen atoms in total.